The van der Waals surface area contributed by atoms with Crippen molar-refractivity contribution < 1.29 is 9.18 Å². The van der Waals surface area contributed by atoms with Gasteiger partial charge in [0.15, 0.2) is 6.29 Å². The maximum atomic E-state index is 13.0. The first kappa shape index (κ1) is 18.2. The molecule has 0 aliphatic heterocycles. The number of rotatable bonds is 6. The van der Waals surface area contributed by atoms with E-state index in [1.807, 2.05) is 45.1 Å². The number of aldehydes is 1. The lowest BCUT2D eigenvalue weighted by molar-refractivity contribution is 0.112. The van der Waals surface area contributed by atoms with Crippen LogP contribution in [0.15, 0.2) is 42.5 Å². The van der Waals surface area contributed by atoms with Gasteiger partial charge in [-0.05, 0) is 50.1 Å². The van der Waals surface area contributed by atoms with Crippen LogP contribution in [0.1, 0.15) is 45.2 Å². The fourth-order valence-corrected chi connectivity index (χ4v) is 2.84. The Morgan fingerprint density at radius 3 is 2.50 bits per heavy atom. The fourth-order valence-electron chi connectivity index (χ4n) is 2.62. The lowest BCUT2D eigenvalue weighted by atomic mass is 10.1. The molecule has 2 nitrogen and oxygen atoms in total. The Kier molecular flexibility index (Phi) is 6.16. The van der Waals surface area contributed by atoms with Crippen LogP contribution in [0.3, 0.4) is 0 Å². The molecule has 2 aromatic rings. The van der Waals surface area contributed by atoms with Crippen molar-refractivity contribution in [1.82, 2.24) is 4.57 Å². The molecule has 24 heavy (non-hydrogen) atoms. The van der Waals surface area contributed by atoms with E-state index in [0.717, 1.165) is 28.8 Å². The minimum Gasteiger partial charge on any atom is -0.341 e. The highest BCUT2D eigenvalue weighted by Crippen LogP contribution is 2.26. The molecule has 0 radical (unpaired) electrons. The first-order valence-corrected chi connectivity index (χ1v) is 8.27. The maximum Gasteiger partial charge on any atom is 0.152 e. The lowest BCUT2D eigenvalue weighted by Gasteiger charge is -2.08. The Labute approximate surface area is 147 Å². The average molecular weight is 346 g/mol. The number of hydrogen-bond donors (Lipinski definition) is 0. The second kappa shape index (κ2) is 8.11. The van der Waals surface area contributed by atoms with Gasteiger partial charge in [-0.1, -0.05) is 30.4 Å². The molecule has 0 fully saturated rings. The van der Waals surface area contributed by atoms with Gasteiger partial charge in [-0.3, -0.25) is 4.79 Å². The molecule has 1 atom stereocenters. The lowest BCUT2D eigenvalue weighted by Crippen LogP contribution is -2.01. The van der Waals surface area contributed by atoms with Crippen LogP contribution in [-0.4, -0.2) is 10.9 Å². The topological polar surface area (TPSA) is 22.0 Å². The van der Waals surface area contributed by atoms with Crippen LogP contribution in [0.2, 0.25) is 0 Å². The highest BCUT2D eigenvalue weighted by atomic mass is 35.5. The molecule has 4 heteroatoms. The zero-order chi connectivity index (χ0) is 17.7. The molecule has 0 saturated heterocycles. The van der Waals surface area contributed by atoms with E-state index in [4.69, 9.17) is 11.6 Å². The molecule has 2 rings (SSSR count). The van der Waals surface area contributed by atoms with Gasteiger partial charge in [-0.15, -0.1) is 11.6 Å². The largest absolute Gasteiger partial charge is 0.341 e. The van der Waals surface area contributed by atoms with Crippen LogP contribution in [-0.2, 0) is 6.54 Å². The number of hydrogen-bond acceptors (Lipinski definition) is 1. The standard InChI is InChI=1S/C20H21ClFNO/c1-4-5-12-23-15(3)14(2)18(13-24)20(23)11-10-19(21)16-6-8-17(22)9-7-16/h4-11,13,19H,12H2,1-3H3. The predicted octanol–water partition coefficient (Wildman–Crippen LogP) is 5.63. The Morgan fingerprint density at radius 2 is 1.92 bits per heavy atom. The van der Waals surface area contributed by atoms with Crippen LogP contribution < -0.4 is 0 Å². The molecule has 1 aromatic heterocycles. The van der Waals surface area contributed by atoms with Crippen molar-refractivity contribution in [2.45, 2.75) is 32.7 Å². The van der Waals surface area contributed by atoms with Crippen molar-refractivity contribution in [1.29, 1.82) is 0 Å². The summed E-state index contributed by atoms with van der Waals surface area (Å²) in [5.74, 6) is -0.290. The summed E-state index contributed by atoms with van der Waals surface area (Å²) >= 11 is 6.39. The summed E-state index contributed by atoms with van der Waals surface area (Å²) in [6, 6.07) is 6.09. The number of aromatic nitrogens is 1. The summed E-state index contributed by atoms with van der Waals surface area (Å²) in [6.07, 6.45) is 8.59. The minimum atomic E-state index is -0.393. The van der Waals surface area contributed by atoms with Gasteiger partial charge in [-0.2, -0.15) is 0 Å². The van der Waals surface area contributed by atoms with Gasteiger partial charge in [0.05, 0.1) is 11.1 Å². The van der Waals surface area contributed by atoms with Crippen LogP contribution in [0, 0.1) is 19.7 Å². The van der Waals surface area contributed by atoms with Crippen molar-refractivity contribution in [2.24, 2.45) is 0 Å². The van der Waals surface area contributed by atoms with Crippen LogP contribution in [0.25, 0.3) is 6.08 Å². The van der Waals surface area contributed by atoms with E-state index in [0.29, 0.717) is 12.1 Å². The number of halogens is 2. The summed E-state index contributed by atoms with van der Waals surface area (Å²) in [5.41, 5.74) is 4.36. The molecule has 0 aliphatic rings. The molecule has 0 spiro atoms. The summed E-state index contributed by atoms with van der Waals surface area (Å²) in [4.78, 5) is 11.5. The second-order valence-corrected chi connectivity index (χ2v) is 6.09. The minimum absolute atomic E-state index is 0.290. The van der Waals surface area contributed by atoms with E-state index in [1.54, 1.807) is 12.1 Å². The molecule has 126 valence electrons. The number of carbonyl (C=O) groups is 1. The van der Waals surface area contributed by atoms with E-state index < -0.39 is 5.38 Å². The smallest absolute Gasteiger partial charge is 0.152 e. The third-order valence-electron chi connectivity index (χ3n) is 4.17. The van der Waals surface area contributed by atoms with Crippen LogP contribution in [0.5, 0.6) is 0 Å². The highest BCUT2D eigenvalue weighted by Gasteiger charge is 2.15. The van der Waals surface area contributed by atoms with E-state index in [2.05, 4.69) is 4.57 Å². The van der Waals surface area contributed by atoms with Gasteiger partial charge >= 0.3 is 0 Å². The summed E-state index contributed by atoms with van der Waals surface area (Å²) in [5, 5.41) is -0.393. The quantitative estimate of drug-likeness (QED) is 0.378. The maximum absolute atomic E-state index is 13.0. The highest BCUT2D eigenvalue weighted by molar-refractivity contribution is 6.22. The Bertz CT molecular complexity index is 772. The Morgan fingerprint density at radius 1 is 1.25 bits per heavy atom. The third-order valence-corrected chi connectivity index (χ3v) is 4.57. The third kappa shape index (κ3) is 3.85. The van der Waals surface area contributed by atoms with E-state index in [-0.39, 0.29) is 5.82 Å². The molecular formula is C20H21ClFNO. The summed E-state index contributed by atoms with van der Waals surface area (Å²) < 4.78 is 15.1. The molecule has 1 heterocycles. The molecular weight excluding hydrogens is 325 g/mol. The van der Waals surface area contributed by atoms with Gasteiger partial charge in [0, 0.05) is 17.8 Å². The Balaban J connectivity index is 2.38. The fraction of sp³-hybridized carbons (Fsp3) is 0.250. The summed E-state index contributed by atoms with van der Waals surface area (Å²) in [6.45, 7) is 6.60. The van der Waals surface area contributed by atoms with Crippen molar-refractivity contribution in [3.63, 3.8) is 0 Å². The van der Waals surface area contributed by atoms with Gasteiger partial charge in [0.2, 0.25) is 0 Å². The van der Waals surface area contributed by atoms with Crippen molar-refractivity contribution in [2.75, 3.05) is 0 Å². The first-order valence-electron chi connectivity index (χ1n) is 7.83. The molecule has 1 aromatic carbocycles. The van der Waals surface area contributed by atoms with Crippen LogP contribution in [0.4, 0.5) is 4.39 Å². The monoisotopic (exact) mass is 345 g/mol. The van der Waals surface area contributed by atoms with E-state index >= 15 is 0 Å². The van der Waals surface area contributed by atoms with Gasteiger partial charge in [0.1, 0.15) is 5.82 Å². The van der Waals surface area contributed by atoms with Crippen LogP contribution >= 0.6 is 11.6 Å². The molecule has 0 amide bonds. The van der Waals surface area contributed by atoms with Crippen molar-refractivity contribution in [3.05, 3.63) is 76.4 Å². The number of benzene rings is 1. The number of alkyl halides is 1. The molecule has 0 bridgehead atoms. The summed E-state index contributed by atoms with van der Waals surface area (Å²) in [7, 11) is 0. The normalized spacial score (nSPS) is 13.0. The van der Waals surface area contributed by atoms with Crippen molar-refractivity contribution >= 4 is 24.0 Å². The number of allylic oxidation sites excluding steroid dienone is 3. The van der Waals surface area contributed by atoms with Gasteiger partial charge in [-0.25, -0.2) is 4.39 Å². The Hall–Kier alpha value is -2.13. The van der Waals surface area contributed by atoms with E-state index in [9.17, 15) is 9.18 Å². The zero-order valence-corrected chi connectivity index (χ0v) is 14.8. The molecule has 0 saturated carbocycles. The first-order chi connectivity index (χ1) is 11.5. The van der Waals surface area contributed by atoms with Gasteiger partial charge in [0.25, 0.3) is 0 Å². The second-order valence-electron chi connectivity index (χ2n) is 5.62. The molecule has 1 unspecified atom stereocenters. The van der Waals surface area contributed by atoms with Crippen molar-refractivity contribution in [3.8, 4) is 0 Å². The number of carbonyl (C=O) groups excluding carboxylic acids is 1. The predicted molar refractivity (Wildman–Crippen MR) is 98.1 cm³/mol. The SMILES string of the molecule is CC=CCn1c(C)c(C)c(C=O)c1C=CC(Cl)c1ccc(F)cc1. The average Bonchev–Trinajstić information content (AvgIpc) is 2.81. The number of nitrogens with zero attached hydrogens (tertiary/aromatic N) is 1. The van der Waals surface area contributed by atoms with E-state index in [1.165, 1.54) is 12.1 Å². The van der Waals surface area contributed by atoms with Gasteiger partial charge < -0.3 is 4.57 Å². The zero-order valence-electron chi connectivity index (χ0n) is 14.1. The molecule has 0 aliphatic carbocycles. The molecule has 0 N–H and O–H groups in total.